The van der Waals surface area contributed by atoms with Crippen LogP contribution in [0.5, 0.6) is 0 Å². The van der Waals surface area contributed by atoms with Crippen LogP contribution in [0.2, 0.25) is 0 Å². The van der Waals surface area contributed by atoms with Crippen molar-refractivity contribution in [1.29, 1.82) is 5.26 Å². The molecule has 9 heteroatoms. The topological polar surface area (TPSA) is 109 Å². The van der Waals surface area contributed by atoms with Gasteiger partial charge in [-0.1, -0.05) is 25.6 Å². The normalized spacial score (nSPS) is 13.8. The van der Waals surface area contributed by atoms with E-state index in [2.05, 4.69) is 5.43 Å². The number of carbonyl (C=O) groups is 3. The zero-order valence-electron chi connectivity index (χ0n) is 16.8. The van der Waals surface area contributed by atoms with E-state index in [4.69, 9.17) is 9.47 Å². The van der Waals surface area contributed by atoms with Crippen molar-refractivity contribution >= 4 is 29.1 Å². The zero-order chi connectivity index (χ0) is 20.8. The molecule has 0 saturated carbocycles. The van der Waals surface area contributed by atoms with E-state index in [1.807, 2.05) is 6.07 Å². The van der Waals surface area contributed by atoms with E-state index in [-0.39, 0.29) is 6.42 Å². The van der Waals surface area contributed by atoms with E-state index in [0.29, 0.717) is 10.8 Å². The van der Waals surface area contributed by atoms with Crippen LogP contribution in [-0.2, 0) is 14.3 Å². The molecule has 0 radical (unpaired) electrons. The van der Waals surface area contributed by atoms with Gasteiger partial charge in [-0.3, -0.25) is 4.79 Å². The summed E-state index contributed by atoms with van der Waals surface area (Å²) in [6, 6.07) is 1.87. The lowest BCUT2D eigenvalue weighted by atomic mass is 9.99. The van der Waals surface area contributed by atoms with E-state index < -0.39 is 34.0 Å². The van der Waals surface area contributed by atoms with E-state index in [0.717, 1.165) is 11.8 Å². The van der Waals surface area contributed by atoms with Gasteiger partial charge in [0.2, 0.25) is 10.7 Å². The molecule has 0 saturated heterocycles. The van der Waals surface area contributed by atoms with Gasteiger partial charge in [0.05, 0.1) is 0 Å². The molecule has 8 nitrogen and oxygen atoms in total. The van der Waals surface area contributed by atoms with Crippen LogP contribution < -0.4 is 5.43 Å². The van der Waals surface area contributed by atoms with Crippen LogP contribution in [0.4, 0.5) is 9.59 Å². The highest BCUT2D eigenvalue weighted by Crippen LogP contribution is 2.27. The smallest absolute Gasteiger partial charge is 0.431 e. The average Bonchev–Trinajstić information content (AvgIpc) is 2.44. The van der Waals surface area contributed by atoms with Crippen LogP contribution in [0.3, 0.4) is 0 Å². The summed E-state index contributed by atoms with van der Waals surface area (Å²) in [6.45, 7) is 13.2. The maximum Gasteiger partial charge on any atom is 0.431 e. The third-order valence-corrected chi connectivity index (χ3v) is 3.76. The molecule has 0 spiro atoms. The highest BCUT2D eigenvalue weighted by molar-refractivity contribution is 8.13. The summed E-state index contributed by atoms with van der Waals surface area (Å²) in [7, 11) is 0. The summed E-state index contributed by atoms with van der Waals surface area (Å²) < 4.78 is 10.4. The Morgan fingerprint density at radius 2 is 1.54 bits per heavy atom. The molecule has 0 aromatic rings. The summed E-state index contributed by atoms with van der Waals surface area (Å²) in [5.74, 6) is 0.414. The third-order valence-electron chi connectivity index (χ3n) is 2.87. The van der Waals surface area contributed by atoms with E-state index in [9.17, 15) is 19.6 Å². The van der Waals surface area contributed by atoms with Crippen LogP contribution in [0, 0.1) is 11.3 Å². The largest absolute Gasteiger partial charge is 0.443 e. The summed E-state index contributed by atoms with van der Waals surface area (Å²) in [5, 5.41) is 9.78. The van der Waals surface area contributed by atoms with Gasteiger partial charge in [-0.15, -0.1) is 0 Å². The molecule has 26 heavy (non-hydrogen) atoms. The minimum Gasteiger partial charge on any atom is -0.443 e. The van der Waals surface area contributed by atoms with Gasteiger partial charge in [-0.2, -0.15) is 10.3 Å². The monoisotopic (exact) mass is 387 g/mol. The number of nitriles is 1. The van der Waals surface area contributed by atoms with Crippen molar-refractivity contribution in [2.45, 2.75) is 78.6 Å². The Bertz CT molecular complexity index is 574. The van der Waals surface area contributed by atoms with Gasteiger partial charge in [0.25, 0.3) is 0 Å². The van der Waals surface area contributed by atoms with Crippen molar-refractivity contribution in [3.05, 3.63) is 0 Å². The van der Waals surface area contributed by atoms with Gasteiger partial charge in [-0.25, -0.2) is 15.0 Å². The first-order valence-electron chi connectivity index (χ1n) is 8.33. The molecule has 0 rings (SSSR count). The number of amides is 2. The van der Waals surface area contributed by atoms with Gasteiger partial charge in [0.15, 0.2) is 0 Å². The van der Waals surface area contributed by atoms with Crippen molar-refractivity contribution in [3.63, 3.8) is 0 Å². The summed E-state index contributed by atoms with van der Waals surface area (Å²) in [4.78, 5) is 37.4. The van der Waals surface area contributed by atoms with E-state index >= 15 is 0 Å². The average molecular weight is 388 g/mol. The Labute approximate surface area is 159 Å². The van der Waals surface area contributed by atoms with Crippen LogP contribution in [0.15, 0.2) is 0 Å². The molecule has 1 N–H and O–H groups in total. The Hall–Kier alpha value is -1.95. The molecule has 2 amide bonds. The van der Waals surface area contributed by atoms with E-state index in [1.165, 1.54) is 0 Å². The first kappa shape index (κ1) is 24.1. The quantitative estimate of drug-likeness (QED) is 0.734. The fraction of sp³-hybridized carbons (Fsp3) is 0.765. The van der Waals surface area contributed by atoms with Crippen molar-refractivity contribution in [2.75, 3.05) is 5.75 Å². The van der Waals surface area contributed by atoms with E-state index in [1.54, 1.807) is 55.4 Å². The number of hydrogen-bond donors (Lipinski definition) is 1. The Balaban J connectivity index is 5.95. The molecule has 0 aromatic carbocycles. The fourth-order valence-electron chi connectivity index (χ4n) is 1.82. The second kappa shape index (κ2) is 9.12. The minimum atomic E-state index is -1.92. The number of hydrazine groups is 1. The first-order valence-corrected chi connectivity index (χ1v) is 9.32. The maximum atomic E-state index is 12.7. The van der Waals surface area contributed by atoms with Gasteiger partial charge < -0.3 is 9.47 Å². The van der Waals surface area contributed by atoms with Gasteiger partial charge in [-0.05, 0) is 53.7 Å². The van der Waals surface area contributed by atoms with Crippen LogP contribution in [-0.4, -0.2) is 44.8 Å². The van der Waals surface area contributed by atoms with Crippen molar-refractivity contribution in [2.24, 2.45) is 0 Å². The Kier molecular flexibility index (Phi) is 8.44. The van der Waals surface area contributed by atoms with Crippen LogP contribution in [0.1, 0.15) is 61.8 Å². The van der Waals surface area contributed by atoms with Crippen LogP contribution >= 0.6 is 11.8 Å². The number of nitrogens with one attached hydrogen (secondary N) is 1. The van der Waals surface area contributed by atoms with Gasteiger partial charge in [0.1, 0.15) is 17.3 Å². The molecule has 0 heterocycles. The molecule has 0 aliphatic heterocycles. The molecule has 148 valence electrons. The lowest BCUT2D eigenvalue weighted by Crippen LogP contribution is -2.63. The molecule has 0 aliphatic rings. The minimum absolute atomic E-state index is 0.0373. The predicted octanol–water partition coefficient (Wildman–Crippen LogP) is 3.62. The maximum absolute atomic E-state index is 12.7. The van der Waals surface area contributed by atoms with Crippen molar-refractivity contribution in [3.8, 4) is 6.07 Å². The summed E-state index contributed by atoms with van der Waals surface area (Å²) in [5.41, 5.74) is -1.41. The van der Waals surface area contributed by atoms with Crippen LogP contribution in [0.25, 0.3) is 0 Å². The molecule has 0 bridgehead atoms. The highest BCUT2D eigenvalue weighted by atomic mass is 32.2. The highest BCUT2D eigenvalue weighted by Gasteiger charge is 2.49. The van der Waals surface area contributed by atoms with Gasteiger partial charge in [0, 0.05) is 0 Å². The Morgan fingerprint density at radius 3 is 1.88 bits per heavy atom. The Morgan fingerprint density at radius 1 is 1.04 bits per heavy atom. The lowest BCUT2D eigenvalue weighted by molar-refractivity contribution is -0.121. The standard InChI is InChI=1S/C17H29N3O5S/c1-9-17(11-18,12(21)26-10-2)20(14(23)25-16(6,7)8)19-13(22)24-15(3,4)5/h9-10H2,1-8H3,(H,19,22). The molecule has 0 fully saturated rings. The number of hydrogen-bond acceptors (Lipinski definition) is 7. The molecule has 0 aliphatic carbocycles. The molecule has 1 unspecified atom stereocenters. The number of carbonyl (C=O) groups excluding carboxylic acids is 3. The predicted molar refractivity (Wildman–Crippen MR) is 99.2 cm³/mol. The molecular weight excluding hydrogens is 358 g/mol. The SMILES string of the molecule is CCSC(=O)C(C#N)(CC)N(NC(=O)OC(C)(C)C)C(=O)OC(C)(C)C. The second-order valence-corrected chi connectivity index (χ2v) is 8.71. The number of ether oxygens (including phenoxy) is 2. The second-order valence-electron chi connectivity index (χ2n) is 7.48. The summed E-state index contributed by atoms with van der Waals surface area (Å²) >= 11 is 0.888. The fourth-order valence-corrected chi connectivity index (χ4v) is 2.60. The number of nitrogens with zero attached hydrogens (tertiary/aromatic N) is 2. The van der Waals surface area contributed by atoms with Crippen molar-refractivity contribution < 1.29 is 23.9 Å². The lowest BCUT2D eigenvalue weighted by Gasteiger charge is -2.37. The zero-order valence-corrected chi connectivity index (χ0v) is 17.6. The number of thioether (sulfide) groups is 1. The van der Waals surface area contributed by atoms with Gasteiger partial charge >= 0.3 is 12.2 Å². The summed E-state index contributed by atoms with van der Waals surface area (Å²) in [6.07, 6.45) is -2.02. The van der Waals surface area contributed by atoms with Crippen molar-refractivity contribution in [1.82, 2.24) is 10.4 Å². The first-order chi connectivity index (χ1) is 11.7. The molecular formula is C17H29N3O5S. The molecule has 1 atom stereocenters. The number of rotatable bonds is 4. The molecule has 0 aromatic heterocycles. The third kappa shape index (κ3) is 7.12.